The van der Waals surface area contributed by atoms with Crippen molar-refractivity contribution < 1.29 is 9.53 Å². The fraction of sp³-hybridized carbons (Fsp3) is 0.500. The normalized spacial score (nSPS) is 16.5. The first kappa shape index (κ1) is 9.04. The van der Waals surface area contributed by atoms with Gasteiger partial charge >= 0.3 is 0 Å². The van der Waals surface area contributed by atoms with Crippen LogP contribution in [0.5, 0.6) is 0 Å². The number of Topliss-reactive ketones (excluding diaryl/α,β-unsaturated/α-hetero) is 1. The number of carbonyl (C=O) groups is 1. The smallest absolute Gasteiger partial charge is 0.155 e. The standard InChI is InChI=1S/C10H14O2/c1-3-12-10-6-4-5-9(7-10)8(2)11/h6-7H,3-5H2,1-2H3. The Morgan fingerprint density at radius 3 is 3.00 bits per heavy atom. The molecule has 0 aromatic carbocycles. The van der Waals surface area contributed by atoms with E-state index in [1.54, 1.807) is 6.92 Å². The third kappa shape index (κ3) is 2.22. The predicted molar refractivity (Wildman–Crippen MR) is 47.7 cm³/mol. The molecule has 0 N–H and O–H groups in total. The van der Waals surface area contributed by atoms with E-state index in [0.29, 0.717) is 6.61 Å². The molecule has 66 valence electrons. The van der Waals surface area contributed by atoms with Crippen molar-refractivity contribution in [3.8, 4) is 0 Å². The van der Waals surface area contributed by atoms with Gasteiger partial charge in [0.2, 0.25) is 0 Å². The minimum atomic E-state index is 0.153. The van der Waals surface area contributed by atoms with Gasteiger partial charge in [-0.15, -0.1) is 0 Å². The molecule has 0 fully saturated rings. The molecule has 0 bridgehead atoms. The van der Waals surface area contributed by atoms with Crippen molar-refractivity contribution >= 4 is 5.78 Å². The van der Waals surface area contributed by atoms with Crippen LogP contribution in [-0.4, -0.2) is 12.4 Å². The average Bonchev–Trinajstić information content (AvgIpc) is 2.05. The molecule has 2 nitrogen and oxygen atoms in total. The Morgan fingerprint density at radius 1 is 1.67 bits per heavy atom. The van der Waals surface area contributed by atoms with Crippen molar-refractivity contribution in [2.24, 2.45) is 0 Å². The molecule has 0 radical (unpaired) electrons. The molecule has 0 aromatic rings. The zero-order chi connectivity index (χ0) is 8.97. The summed E-state index contributed by atoms with van der Waals surface area (Å²) in [6.45, 7) is 4.20. The molecule has 1 aliphatic carbocycles. The van der Waals surface area contributed by atoms with Gasteiger partial charge in [-0.25, -0.2) is 0 Å². The average molecular weight is 166 g/mol. The Balaban J connectivity index is 2.67. The van der Waals surface area contributed by atoms with Gasteiger partial charge in [-0.2, -0.15) is 0 Å². The van der Waals surface area contributed by atoms with Gasteiger partial charge in [0.05, 0.1) is 6.61 Å². The maximum absolute atomic E-state index is 11.0. The van der Waals surface area contributed by atoms with Gasteiger partial charge in [0, 0.05) is 0 Å². The van der Waals surface area contributed by atoms with E-state index in [1.165, 1.54) is 0 Å². The topological polar surface area (TPSA) is 26.3 Å². The Morgan fingerprint density at radius 2 is 2.42 bits per heavy atom. The van der Waals surface area contributed by atoms with E-state index in [1.807, 2.05) is 19.1 Å². The maximum atomic E-state index is 11.0. The zero-order valence-corrected chi connectivity index (χ0v) is 7.59. The van der Waals surface area contributed by atoms with Crippen molar-refractivity contribution in [1.82, 2.24) is 0 Å². The second kappa shape index (κ2) is 4.10. The van der Waals surface area contributed by atoms with Crippen LogP contribution in [0.15, 0.2) is 23.5 Å². The second-order valence-electron chi connectivity index (χ2n) is 2.80. The highest BCUT2D eigenvalue weighted by molar-refractivity contribution is 5.93. The molecule has 0 unspecified atom stereocenters. The van der Waals surface area contributed by atoms with Gasteiger partial charge in [0.25, 0.3) is 0 Å². The van der Waals surface area contributed by atoms with Gasteiger partial charge in [-0.1, -0.05) is 0 Å². The van der Waals surface area contributed by atoms with Crippen LogP contribution >= 0.6 is 0 Å². The van der Waals surface area contributed by atoms with E-state index in [4.69, 9.17) is 4.74 Å². The first-order valence-corrected chi connectivity index (χ1v) is 4.28. The summed E-state index contributed by atoms with van der Waals surface area (Å²) in [4.78, 5) is 11.0. The van der Waals surface area contributed by atoms with Crippen molar-refractivity contribution in [2.45, 2.75) is 26.7 Å². The maximum Gasteiger partial charge on any atom is 0.155 e. The van der Waals surface area contributed by atoms with Gasteiger partial charge in [-0.3, -0.25) is 4.79 Å². The number of ketones is 1. The van der Waals surface area contributed by atoms with Crippen LogP contribution in [0.25, 0.3) is 0 Å². The molecular weight excluding hydrogens is 152 g/mol. The lowest BCUT2D eigenvalue weighted by Crippen LogP contribution is -2.02. The van der Waals surface area contributed by atoms with E-state index in [2.05, 4.69) is 0 Å². The number of ether oxygens (including phenoxy) is 1. The molecular formula is C10H14O2. The van der Waals surface area contributed by atoms with Gasteiger partial charge in [0.15, 0.2) is 5.78 Å². The van der Waals surface area contributed by atoms with Crippen LogP contribution in [0.3, 0.4) is 0 Å². The Bertz CT molecular complexity index is 236. The lowest BCUT2D eigenvalue weighted by atomic mass is 10.0. The Hall–Kier alpha value is -1.05. The molecule has 12 heavy (non-hydrogen) atoms. The number of rotatable bonds is 3. The summed E-state index contributed by atoms with van der Waals surface area (Å²) in [6.07, 6.45) is 5.64. The highest BCUT2D eigenvalue weighted by Crippen LogP contribution is 2.18. The molecule has 0 aliphatic heterocycles. The van der Waals surface area contributed by atoms with Gasteiger partial charge in [0.1, 0.15) is 5.76 Å². The summed E-state index contributed by atoms with van der Waals surface area (Å²) in [5.41, 5.74) is 0.876. The van der Waals surface area contributed by atoms with Gasteiger partial charge in [-0.05, 0) is 44.4 Å². The van der Waals surface area contributed by atoms with Crippen LogP contribution in [0.2, 0.25) is 0 Å². The summed E-state index contributed by atoms with van der Waals surface area (Å²) >= 11 is 0. The quantitative estimate of drug-likeness (QED) is 0.642. The first-order valence-electron chi connectivity index (χ1n) is 4.28. The van der Waals surface area contributed by atoms with E-state index in [-0.39, 0.29) is 5.78 Å². The highest BCUT2D eigenvalue weighted by atomic mass is 16.5. The summed E-state index contributed by atoms with van der Waals surface area (Å²) in [5, 5.41) is 0. The zero-order valence-electron chi connectivity index (χ0n) is 7.59. The third-order valence-corrected chi connectivity index (χ3v) is 1.84. The van der Waals surface area contributed by atoms with Crippen LogP contribution in [0.4, 0.5) is 0 Å². The SMILES string of the molecule is CCOC1=CCCC(C(C)=O)=C1. The molecule has 2 heteroatoms. The number of hydrogen-bond donors (Lipinski definition) is 0. The molecule has 0 heterocycles. The molecule has 0 saturated heterocycles. The molecule has 0 saturated carbocycles. The van der Waals surface area contributed by atoms with Crippen molar-refractivity contribution in [2.75, 3.05) is 6.61 Å². The largest absolute Gasteiger partial charge is 0.494 e. The van der Waals surface area contributed by atoms with Crippen molar-refractivity contribution in [3.05, 3.63) is 23.5 Å². The minimum Gasteiger partial charge on any atom is -0.494 e. The summed E-state index contributed by atoms with van der Waals surface area (Å²) in [5.74, 6) is 0.995. The first-order chi connectivity index (χ1) is 5.74. The summed E-state index contributed by atoms with van der Waals surface area (Å²) < 4.78 is 5.30. The molecule has 0 spiro atoms. The Kier molecular flexibility index (Phi) is 3.09. The Labute approximate surface area is 72.9 Å². The lowest BCUT2D eigenvalue weighted by Gasteiger charge is -2.11. The van der Waals surface area contributed by atoms with E-state index < -0.39 is 0 Å². The van der Waals surface area contributed by atoms with Crippen LogP contribution in [-0.2, 0) is 9.53 Å². The third-order valence-electron chi connectivity index (χ3n) is 1.84. The number of carbonyl (C=O) groups excluding carboxylic acids is 1. The molecule has 0 amide bonds. The van der Waals surface area contributed by atoms with Gasteiger partial charge < -0.3 is 4.74 Å². The summed E-state index contributed by atoms with van der Waals surface area (Å²) in [7, 11) is 0. The fourth-order valence-electron chi connectivity index (χ4n) is 1.22. The fourth-order valence-corrected chi connectivity index (χ4v) is 1.22. The lowest BCUT2D eigenvalue weighted by molar-refractivity contribution is -0.113. The van der Waals surface area contributed by atoms with Crippen LogP contribution in [0, 0.1) is 0 Å². The van der Waals surface area contributed by atoms with E-state index in [9.17, 15) is 4.79 Å². The highest BCUT2D eigenvalue weighted by Gasteiger charge is 2.09. The van der Waals surface area contributed by atoms with E-state index >= 15 is 0 Å². The minimum absolute atomic E-state index is 0.153. The molecule has 0 atom stereocenters. The second-order valence-corrected chi connectivity index (χ2v) is 2.80. The molecule has 1 rings (SSSR count). The molecule has 1 aliphatic rings. The van der Waals surface area contributed by atoms with Crippen LogP contribution in [0.1, 0.15) is 26.7 Å². The van der Waals surface area contributed by atoms with Crippen molar-refractivity contribution in [1.29, 1.82) is 0 Å². The predicted octanol–water partition coefficient (Wildman–Crippen LogP) is 2.22. The van der Waals surface area contributed by atoms with Crippen molar-refractivity contribution in [3.63, 3.8) is 0 Å². The van der Waals surface area contributed by atoms with Crippen LogP contribution < -0.4 is 0 Å². The number of allylic oxidation sites excluding steroid dienone is 3. The summed E-state index contributed by atoms with van der Waals surface area (Å²) in [6, 6.07) is 0. The monoisotopic (exact) mass is 166 g/mol. The van der Waals surface area contributed by atoms with E-state index in [0.717, 1.165) is 24.2 Å². The number of hydrogen-bond acceptors (Lipinski definition) is 2. The molecule has 0 aromatic heterocycles.